The summed E-state index contributed by atoms with van der Waals surface area (Å²) in [6.45, 7) is 1.93. The zero-order chi connectivity index (χ0) is 15.9. The number of allylic oxidation sites excluding steroid dienone is 2. The molecule has 2 aromatic rings. The molecule has 110 valence electrons. The van der Waals surface area contributed by atoms with Crippen molar-refractivity contribution in [2.24, 2.45) is 0 Å². The number of fused-ring (bicyclic) bond motifs is 1. The Balaban J connectivity index is 2.01. The molecule has 0 bridgehead atoms. The molecule has 0 radical (unpaired) electrons. The largest absolute Gasteiger partial charge is 0.289 e. The summed E-state index contributed by atoms with van der Waals surface area (Å²) in [6.07, 6.45) is 2.20. The number of benzene rings is 2. The Kier molecular flexibility index (Phi) is 3.54. The van der Waals surface area contributed by atoms with E-state index in [-0.39, 0.29) is 11.5 Å². The highest BCUT2D eigenvalue weighted by molar-refractivity contribution is 6.31. The molecule has 0 saturated heterocycles. The van der Waals surface area contributed by atoms with Crippen molar-refractivity contribution >= 4 is 28.6 Å². The van der Waals surface area contributed by atoms with Crippen LogP contribution in [0, 0.1) is 17.0 Å². The molecule has 4 nitrogen and oxygen atoms in total. The molecular formula is C17H12ClNO3. The van der Waals surface area contributed by atoms with E-state index >= 15 is 0 Å². The summed E-state index contributed by atoms with van der Waals surface area (Å²) in [5.41, 5.74) is 4.29. The molecule has 3 rings (SSSR count). The highest BCUT2D eigenvalue weighted by Gasteiger charge is 2.21. The van der Waals surface area contributed by atoms with Gasteiger partial charge >= 0.3 is 0 Å². The Morgan fingerprint density at radius 1 is 1.18 bits per heavy atom. The summed E-state index contributed by atoms with van der Waals surface area (Å²) in [4.78, 5) is 22.6. The number of nitro groups is 1. The molecule has 2 aromatic carbocycles. The lowest BCUT2D eigenvalue weighted by Crippen LogP contribution is -2.11. The van der Waals surface area contributed by atoms with E-state index in [0.717, 1.165) is 22.3 Å². The van der Waals surface area contributed by atoms with Crippen LogP contribution in [-0.4, -0.2) is 10.7 Å². The lowest BCUT2D eigenvalue weighted by molar-refractivity contribution is -0.384. The minimum atomic E-state index is -0.439. The molecule has 0 spiro atoms. The van der Waals surface area contributed by atoms with Gasteiger partial charge in [0.1, 0.15) is 0 Å². The van der Waals surface area contributed by atoms with E-state index in [1.807, 2.05) is 13.0 Å². The predicted octanol–water partition coefficient (Wildman–Crippen LogP) is 4.38. The van der Waals surface area contributed by atoms with Gasteiger partial charge in [-0.1, -0.05) is 11.6 Å². The van der Waals surface area contributed by atoms with Gasteiger partial charge in [0.05, 0.1) is 4.92 Å². The lowest BCUT2D eigenvalue weighted by atomic mass is 9.85. The van der Waals surface area contributed by atoms with Gasteiger partial charge < -0.3 is 0 Å². The highest BCUT2D eigenvalue weighted by Crippen LogP contribution is 2.32. The highest BCUT2D eigenvalue weighted by atomic mass is 35.5. The van der Waals surface area contributed by atoms with Crippen molar-refractivity contribution in [3.8, 4) is 0 Å². The van der Waals surface area contributed by atoms with Crippen LogP contribution in [0.2, 0.25) is 5.02 Å². The van der Waals surface area contributed by atoms with E-state index in [9.17, 15) is 14.9 Å². The van der Waals surface area contributed by atoms with Crippen molar-refractivity contribution in [1.29, 1.82) is 0 Å². The second-order valence-corrected chi connectivity index (χ2v) is 5.70. The molecule has 0 N–H and O–H groups in total. The van der Waals surface area contributed by atoms with Crippen molar-refractivity contribution in [3.05, 3.63) is 79.9 Å². The summed E-state index contributed by atoms with van der Waals surface area (Å²) in [7, 11) is 0. The van der Waals surface area contributed by atoms with Crippen LogP contribution < -0.4 is 0 Å². The van der Waals surface area contributed by atoms with Crippen LogP contribution in [-0.2, 0) is 6.42 Å². The Labute approximate surface area is 132 Å². The lowest BCUT2D eigenvalue weighted by Gasteiger charge is -2.19. The van der Waals surface area contributed by atoms with Crippen molar-refractivity contribution in [2.45, 2.75) is 13.3 Å². The molecule has 0 amide bonds. The van der Waals surface area contributed by atoms with Crippen molar-refractivity contribution in [2.75, 3.05) is 0 Å². The number of nitro benzene ring substituents is 1. The standard InChI is InChI=1S/C17H12ClNO3/c1-10-6-13(18)9-16-15(10)7-12(8-17(16)20)11-2-4-14(5-3-11)19(21)22/h2-6,8-9H,7H2,1H3. The smallest absolute Gasteiger partial charge is 0.269 e. The number of non-ortho nitro benzene ring substituents is 1. The van der Waals surface area contributed by atoms with Crippen LogP contribution in [0.5, 0.6) is 0 Å². The predicted molar refractivity (Wildman–Crippen MR) is 85.3 cm³/mol. The molecule has 1 aliphatic rings. The Morgan fingerprint density at radius 3 is 2.50 bits per heavy atom. The zero-order valence-corrected chi connectivity index (χ0v) is 12.6. The van der Waals surface area contributed by atoms with Gasteiger partial charge in [-0.05, 0) is 65.9 Å². The van der Waals surface area contributed by atoms with Crippen LogP contribution >= 0.6 is 11.6 Å². The Bertz CT molecular complexity index is 823. The molecule has 0 fully saturated rings. The SMILES string of the molecule is Cc1cc(Cl)cc2c1CC(c1ccc([N+](=O)[O-])cc1)=CC2=O. The van der Waals surface area contributed by atoms with E-state index in [1.165, 1.54) is 12.1 Å². The number of hydrogen-bond acceptors (Lipinski definition) is 3. The maximum absolute atomic E-state index is 12.3. The monoisotopic (exact) mass is 313 g/mol. The average molecular weight is 314 g/mol. The van der Waals surface area contributed by atoms with Crippen molar-refractivity contribution in [3.63, 3.8) is 0 Å². The molecule has 0 atom stereocenters. The van der Waals surface area contributed by atoms with E-state index < -0.39 is 4.92 Å². The van der Waals surface area contributed by atoms with Gasteiger partial charge in [0.25, 0.3) is 5.69 Å². The van der Waals surface area contributed by atoms with Crippen LogP contribution in [0.25, 0.3) is 5.57 Å². The van der Waals surface area contributed by atoms with Crippen LogP contribution in [0.15, 0.2) is 42.5 Å². The van der Waals surface area contributed by atoms with Gasteiger partial charge in [0.15, 0.2) is 5.78 Å². The molecule has 22 heavy (non-hydrogen) atoms. The van der Waals surface area contributed by atoms with Gasteiger partial charge in [-0.25, -0.2) is 0 Å². The van der Waals surface area contributed by atoms with E-state index in [1.54, 1.807) is 24.3 Å². The zero-order valence-electron chi connectivity index (χ0n) is 11.8. The summed E-state index contributed by atoms with van der Waals surface area (Å²) in [6, 6.07) is 9.78. The second-order valence-electron chi connectivity index (χ2n) is 5.26. The Hall–Kier alpha value is -2.46. The number of hydrogen-bond donors (Lipinski definition) is 0. The topological polar surface area (TPSA) is 60.2 Å². The summed E-state index contributed by atoms with van der Waals surface area (Å²) < 4.78 is 0. The van der Waals surface area contributed by atoms with E-state index in [4.69, 9.17) is 11.6 Å². The van der Waals surface area contributed by atoms with Gasteiger partial charge in [-0.2, -0.15) is 0 Å². The number of rotatable bonds is 2. The first-order chi connectivity index (χ1) is 10.5. The summed E-state index contributed by atoms with van der Waals surface area (Å²) >= 11 is 6.01. The molecule has 1 aliphatic carbocycles. The minimum absolute atomic E-state index is 0.0369. The molecule has 0 heterocycles. The fourth-order valence-corrected chi connectivity index (χ4v) is 2.96. The molecule has 0 aliphatic heterocycles. The third-order valence-corrected chi connectivity index (χ3v) is 4.04. The number of ketones is 1. The summed E-state index contributed by atoms with van der Waals surface area (Å²) in [5, 5.41) is 11.3. The second kappa shape index (κ2) is 5.39. The first-order valence-electron chi connectivity index (χ1n) is 6.74. The van der Waals surface area contributed by atoms with Crippen molar-refractivity contribution in [1.82, 2.24) is 0 Å². The van der Waals surface area contributed by atoms with Gasteiger partial charge in [0.2, 0.25) is 0 Å². The maximum atomic E-state index is 12.3. The number of carbonyl (C=O) groups excluding carboxylic acids is 1. The van der Waals surface area contributed by atoms with E-state index in [0.29, 0.717) is 17.0 Å². The van der Waals surface area contributed by atoms with Crippen molar-refractivity contribution < 1.29 is 9.72 Å². The fraction of sp³-hybridized carbons (Fsp3) is 0.118. The minimum Gasteiger partial charge on any atom is -0.289 e. The number of carbonyl (C=O) groups is 1. The third kappa shape index (κ3) is 2.53. The normalized spacial score (nSPS) is 13.5. The molecular weight excluding hydrogens is 302 g/mol. The van der Waals surface area contributed by atoms with Gasteiger partial charge in [-0.3, -0.25) is 14.9 Å². The number of halogens is 1. The Morgan fingerprint density at radius 2 is 1.86 bits per heavy atom. The first kappa shape index (κ1) is 14.5. The van der Waals surface area contributed by atoms with Crippen LogP contribution in [0.3, 0.4) is 0 Å². The number of nitrogens with zero attached hydrogens (tertiary/aromatic N) is 1. The molecule has 0 unspecified atom stereocenters. The fourth-order valence-electron chi connectivity index (χ4n) is 2.69. The quantitative estimate of drug-likeness (QED) is 0.610. The van der Waals surface area contributed by atoms with E-state index in [2.05, 4.69) is 0 Å². The van der Waals surface area contributed by atoms with Crippen LogP contribution in [0.4, 0.5) is 5.69 Å². The molecule has 0 aromatic heterocycles. The summed E-state index contributed by atoms with van der Waals surface area (Å²) in [5.74, 6) is -0.0831. The van der Waals surface area contributed by atoms with Gasteiger partial charge in [-0.15, -0.1) is 0 Å². The molecule has 5 heteroatoms. The third-order valence-electron chi connectivity index (χ3n) is 3.82. The molecule has 0 saturated carbocycles. The number of aryl methyl sites for hydroxylation is 1. The van der Waals surface area contributed by atoms with Crippen LogP contribution in [0.1, 0.15) is 27.0 Å². The van der Waals surface area contributed by atoms with Gasteiger partial charge in [0, 0.05) is 22.7 Å². The first-order valence-corrected chi connectivity index (χ1v) is 7.12. The maximum Gasteiger partial charge on any atom is 0.269 e. The average Bonchev–Trinajstić information content (AvgIpc) is 2.48.